The van der Waals surface area contributed by atoms with E-state index in [1.807, 2.05) is 0 Å². The summed E-state index contributed by atoms with van der Waals surface area (Å²) in [6.07, 6.45) is 0. The fraction of sp³-hybridized carbons (Fsp3) is 0.533. The van der Waals surface area contributed by atoms with Crippen LogP contribution in [0.2, 0.25) is 0 Å². The largest absolute Gasteiger partial charge is 0.378 e. The molecule has 1 radical (unpaired) electrons. The quantitative estimate of drug-likeness (QED) is 0.540. The van der Waals surface area contributed by atoms with Gasteiger partial charge >= 0.3 is 0 Å². The van der Waals surface area contributed by atoms with E-state index < -0.39 is 14.9 Å². The van der Waals surface area contributed by atoms with Gasteiger partial charge < -0.3 is 10.1 Å². The fourth-order valence-electron chi connectivity index (χ4n) is 2.71. The summed E-state index contributed by atoms with van der Waals surface area (Å²) in [5.74, 6) is 1.27. The Morgan fingerprint density at radius 2 is 2.20 bits per heavy atom. The van der Waals surface area contributed by atoms with Gasteiger partial charge in [0.15, 0.2) is 0 Å². The summed E-state index contributed by atoms with van der Waals surface area (Å²) in [6.45, 7) is 7.37. The number of primary sulfonamides is 1. The molecule has 0 amide bonds. The van der Waals surface area contributed by atoms with Crippen LogP contribution in [0.25, 0.3) is 0 Å². The van der Waals surface area contributed by atoms with Gasteiger partial charge in [-0.05, 0) is 18.1 Å². The van der Waals surface area contributed by atoms with Crippen LogP contribution in [0.5, 0.6) is 0 Å². The molecule has 1 fully saturated rings. The third kappa shape index (κ3) is 5.36. The molecular formula is C15H23N4O5S. The number of nitro benzene ring substituents is 1. The Bertz CT molecular complexity index is 723. The van der Waals surface area contributed by atoms with Crippen LogP contribution in [0, 0.1) is 16.0 Å². The molecule has 10 heteroatoms. The number of nitrogens with zero attached hydrogens (tertiary/aromatic N) is 2. The van der Waals surface area contributed by atoms with Crippen molar-refractivity contribution in [3.05, 3.63) is 34.2 Å². The normalized spacial score (nSPS) is 19.1. The molecule has 0 spiro atoms. The van der Waals surface area contributed by atoms with Crippen LogP contribution in [0.4, 0.5) is 11.4 Å². The molecule has 25 heavy (non-hydrogen) atoms. The van der Waals surface area contributed by atoms with Crippen LogP contribution in [-0.2, 0) is 14.8 Å². The Hall–Kier alpha value is -1.75. The number of benzene rings is 1. The minimum Gasteiger partial charge on any atom is -0.378 e. The van der Waals surface area contributed by atoms with Gasteiger partial charge in [-0.1, -0.05) is 13.8 Å². The molecule has 1 aromatic carbocycles. The van der Waals surface area contributed by atoms with Gasteiger partial charge in [-0.2, -0.15) is 0 Å². The standard InChI is InChI=1S/C15H23N4O5S/c1-11(2)9-18-5-6-24-10-12(18)8-17-14-4-3-13(25(16,22)23)7-15(14)19(20)21/h3-4,7,12,17H,5-6,8-10H2,1-2H3,(H2,16,22,23). The van der Waals surface area contributed by atoms with E-state index in [2.05, 4.69) is 24.1 Å². The van der Waals surface area contributed by atoms with Gasteiger partial charge in [0.05, 0.1) is 29.1 Å². The molecule has 3 N–H and O–H groups in total. The number of nitrogens with one attached hydrogen (secondary N) is 1. The lowest BCUT2D eigenvalue weighted by atomic mass is 10.1. The number of rotatable bonds is 7. The highest BCUT2D eigenvalue weighted by atomic mass is 32.2. The van der Waals surface area contributed by atoms with E-state index in [0.29, 0.717) is 19.8 Å². The molecule has 1 atom stereocenters. The molecule has 1 aromatic rings. The number of nitrogens with two attached hydrogens (primary N) is 1. The van der Waals surface area contributed by atoms with E-state index in [1.54, 1.807) is 0 Å². The third-order valence-electron chi connectivity index (χ3n) is 3.89. The first-order valence-electron chi connectivity index (χ1n) is 7.84. The van der Waals surface area contributed by atoms with Crippen LogP contribution < -0.4 is 10.5 Å². The van der Waals surface area contributed by atoms with Crippen molar-refractivity contribution in [3.63, 3.8) is 0 Å². The molecule has 2 rings (SSSR count). The lowest BCUT2D eigenvalue weighted by Gasteiger charge is -2.36. The number of morpholine rings is 1. The molecule has 1 saturated heterocycles. The summed E-state index contributed by atoms with van der Waals surface area (Å²) in [6, 6.07) is 3.66. The highest BCUT2D eigenvalue weighted by Crippen LogP contribution is 2.27. The zero-order valence-corrected chi connectivity index (χ0v) is 15.1. The number of hydrogen-bond donors (Lipinski definition) is 2. The Balaban J connectivity index is 2.15. The van der Waals surface area contributed by atoms with E-state index in [1.165, 1.54) is 18.1 Å². The van der Waals surface area contributed by atoms with Crippen molar-refractivity contribution in [1.29, 1.82) is 0 Å². The van der Waals surface area contributed by atoms with Gasteiger partial charge in [0.2, 0.25) is 10.0 Å². The minimum atomic E-state index is -4.00. The zero-order valence-electron chi connectivity index (χ0n) is 14.3. The molecule has 9 nitrogen and oxygen atoms in total. The number of nitro groups is 1. The fourth-order valence-corrected chi connectivity index (χ4v) is 3.24. The topological polar surface area (TPSA) is 128 Å². The smallest absolute Gasteiger partial charge is 0.293 e. The number of ether oxygens (including phenoxy) is 1. The first-order valence-corrected chi connectivity index (χ1v) is 9.39. The summed E-state index contributed by atoms with van der Waals surface area (Å²) in [5.41, 5.74) is -0.0758. The zero-order chi connectivity index (χ0) is 18.6. The number of sulfonamides is 1. The summed E-state index contributed by atoms with van der Waals surface area (Å²) in [5, 5.41) is 19.3. The molecule has 1 heterocycles. The Morgan fingerprint density at radius 3 is 2.80 bits per heavy atom. The minimum absolute atomic E-state index is 0.0705. The Labute approximate surface area is 147 Å². The first kappa shape index (κ1) is 19.6. The second-order valence-corrected chi connectivity index (χ2v) is 7.83. The van der Waals surface area contributed by atoms with Gasteiger partial charge in [0.25, 0.3) is 5.69 Å². The number of hydrogen-bond acceptors (Lipinski definition) is 7. The maximum absolute atomic E-state index is 11.4. The van der Waals surface area contributed by atoms with Crippen molar-refractivity contribution in [2.45, 2.75) is 24.8 Å². The maximum atomic E-state index is 11.4. The summed E-state index contributed by atoms with van der Waals surface area (Å²) in [7, 11) is -4.00. The Morgan fingerprint density at radius 1 is 1.48 bits per heavy atom. The highest BCUT2D eigenvalue weighted by Gasteiger charge is 2.25. The average Bonchev–Trinajstić information content (AvgIpc) is 2.52. The molecule has 0 aromatic heterocycles. The van der Waals surface area contributed by atoms with Crippen LogP contribution >= 0.6 is 0 Å². The second kappa shape index (κ2) is 8.09. The molecule has 0 bridgehead atoms. The van der Waals surface area contributed by atoms with E-state index in [-0.39, 0.29) is 22.3 Å². The molecule has 1 aliphatic heterocycles. The third-order valence-corrected chi connectivity index (χ3v) is 4.80. The van der Waals surface area contributed by atoms with E-state index in [0.717, 1.165) is 19.2 Å². The van der Waals surface area contributed by atoms with E-state index in [4.69, 9.17) is 9.88 Å². The van der Waals surface area contributed by atoms with Crippen molar-refractivity contribution >= 4 is 21.4 Å². The molecular weight excluding hydrogens is 348 g/mol. The maximum Gasteiger partial charge on any atom is 0.293 e. The monoisotopic (exact) mass is 371 g/mol. The van der Waals surface area contributed by atoms with E-state index in [9.17, 15) is 18.5 Å². The second-order valence-electron chi connectivity index (χ2n) is 6.27. The van der Waals surface area contributed by atoms with Crippen molar-refractivity contribution in [2.24, 2.45) is 5.14 Å². The summed E-state index contributed by atoms with van der Waals surface area (Å²) >= 11 is 0. The molecule has 0 aliphatic carbocycles. The predicted molar refractivity (Wildman–Crippen MR) is 93.7 cm³/mol. The SMILES string of the molecule is C[C](C)CN1CCOCC1CNc1ccc(S(N)(=O)=O)cc1[N+](=O)[O-]. The predicted octanol–water partition coefficient (Wildman–Crippen LogP) is 0.969. The molecule has 0 saturated carbocycles. The average molecular weight is 371 g/mol. The molecule has 1 aliphatic rings. The van der Waals surface area contributed by atoms with Gasteiger partial charge in [-0.15, -0.1) is 0 Å². The molecule has 1 unspecified atom stereocenters. The highest BCUT2D eigenvalue weighted by molar-refractivity contribution is 7.89. The van der Waals surface area contributed by atoms with Gasteiger partial charge in [-0.25, -0.2) is 13.6 Å². The summed E-state index contributed by atoms with van der Waals surface area (Å²) < 4.78 is 28.3. The van der Waals surface area contributed by atoms with Gasteiger partial charge in [-0.3, -0.25) is 15.0 Å². The van der Waals surface area contributed by atoms with E-state index >= 15 is 0 Å². The lowest BCUT2D eigenvalue weighted by Crippen LogP contribution is -2.49. The van der Waals surface area contributed by atoms with Crippen LogP contribution in [-0.4, -0.2) is 57.1 Å². The number of anilines is 1. The molecule has 139 valence electrons. The lowest BCUT2D eigenvalue weighted by molar-refractivity contribution is -0.384. The van der Waals surface area contributed by atoms with Crippen molar-refractivity contribution in [3.8, 4) is 0 Å². The van der Waals surface area contributed by atoms with Crippen molar-refractivity contribution in [2.75, 3.05) is 38.2 Å². The van der Waals surface area contributed by atoms with Crippen LogP contribution in [0.15, 0.2) is 23.1 Å². The first-order chi connectivity index (χ1) is 11.7. The van der Waals surface area contributed by atoms with Gasteiger partial charge in [0, 0.05) is 25.7 Å². The summed E-state index contributed by atoms with van der Waals surface area (Å²) in [4.78, 5) is 12.6. The van der Waals surface area contributed by atoms with Crippen LogP contribution in [0.1, 0.15) is 13.8 Å². The van der Waals surface area contributed by atoms with Gasteiger partial charge in [0.1, 0.15) is 5.69 Å². The Kier molecular flexibility index (Phi) is 6.33. The van der Waals surface area contributed by atoms with Crippen molar-refractivity contribution in [1.82, 2.24) is 4.90 Å². The van der Waals surface area contributed by atoms with Crippen LogP contribution in [0.3, 0.4) is 0 Å². The van der Waals surface area contributed by atoms with Crippen molar-refractivity contribution < 1.29 is 18.1 Å².